The van der Waals surface area contributed by atoms with Gasteiger partial charge >= 0.3 is 0 Å². The molecule has 4 nitrogen and oxygen atoms in total. The molecule has 0 aromatic heterocycles. The summed E-state index contributed by atoms with van der Waals surface area (Å²) in [5.41, 5.74) is 1.88. The van der Waals surface area contributed by atoms with Crippen molar-refractivity contribution >= 4 is 11.6 Å². The Hall–Kier alpha value is -1.72. The van der Waals surface area contributed by atoms with Crippen molar-refractivity contribution in [3.8, 4) is 0 Å². The molecule has 2 rings (SSSR count). The van der Waals surface area contributed by atoms with E-state index in [4.69, 9.17) is 0 Å². The van der Waals surface area contributed by atoms with Gasteiger partial charge in [-0.1, -0.05) is 11.6 Å². The summed E-state index contributed by atoms with van der Waals surface area (Å²) in [7, 11) is 0. The third kappa shape index (κ3) is 5.58. The van der Waals surface area contributed by atoms with Gasteiger partial charge in [-0.3, -0.25) is 4.79 Å². The summed E-state index contributed by atoms with van der Waals surface area (Å²) in [6.07, 6.45) is 2.27. The van der Waals surface area contributed by atoms with Crippen LogP contribution in [-0.2, 0) is 4.79 Å². The molecule has 0 radical (unpaired) electrons. The number of amides is 1. The van der Waals surface area contributed by atoms with E-state index in [1.165, 1.54) is 22.6 Å². The van der Waals surface area contributed by atoms with E-state index in [-0.39, 0.29) is 11.7 Å². The number of rotatable bonds is 5. The molecule has 1 aromatic rings. The predicted octanol–water partition coefficient (Wildman–Crippen LogP) is -0.486. The molecule has 5 heteroatoms. The van der Waals surface area contributed by atoms with Crippen LogP contribution in [0, 0.1) is 5.82 Å². The fourth-order valence-corrected chi connectivity index (χ4v) is 2.68. The van der Waals surface area contributed by atoms with Crippen LogP contribution in [0.15, 0.2) is 35.9 Å². The molecule has 0 spiro atoms. The Morgan fingerprint density at radius 2 is 1.91 bits per heavy atom. The van der Waals surface area contributed by atoms with Gasteiger partial charge in [0.05, 0.1) is 6.54 Å². The molecule has 1 amide bonds. The number of allylic oxidation sites excluding steroid dienone is 1. The Kier molecular flexibility index (Phi) is 6.10. The van der Waals surface area contributed by atoms with E-state index >= 15 is 0 Å². The molecule has 120 valence electrons. The van der Waals surface area contributed by atoms with Crippen LogP contribution in [0.5, 0.6) is 0 Å². The van der Waals surface area contributed by atoms with Crippen LogP contribution >= 0.6 is 0 Å². The molecule has 1 heterocycles. The van der Waals surface area contributed by atoms with E-state index in [0.29, 0.717) is 12.2 Å². The van der Waals surface area contributed by atoms with Crippen molar-refractivity contribution in [2.45, 2.75) is 13.8 Å². The van der Waals surface area contributed by atoms with Gasteiger partial charge in [0.1, 0.15) is 32.0 Å². The van der Waals surface area contributed by atoms with Gasteiger partial charge < -0.3 is 15.1 Å². The maximum atomic E-state index is 13.1. The lowest BCUT2D eigenvalue weighted by molar-refractivity contribution is -1.01. The largest absolute Gasteiger partial charge is 0.322 e. The maximum absolute atomic E-state index is 13.1. The fraction of sp³-hybridized carbons (Fsp3) is 0.471. The highest BCUT2D eigenvalue weighted by atomic mass is 19.1. The van der Waals surface area contributed by atoms with Gasteiger partial charge in [-0.15, -0.1) is 0 Å². The van der Waals surface area contributed by atoms with Crippen LogP contribution < -0.4 is 15.1 Å². The predicted molar refractivity (Wildman–Crippen MR) is 85.6 cm³/mol. The zero-order valence-corrected chi connectivity index (χ0v) is 13.4. The molecule has 0 atom stereocenters. The average molecular weight is 307 g/mol. The molecule has 0 bridgehead atoms. The summed E-state index contributed by atoms with van der Waals surface area (Å²) >= 11 is 0. The minimum Gasteiger partial charge on any atom is -0.322 e. The molecule has 1 aliphatic rings. The SMILES string of the molecule is CC(C)=CC[NH+]1CC[NH+](CC(=O)Nc2cccc(F)c2)CC1. The van der Waals surface area contributed by atoms with Crippen molar-refractivity contribution in [1.82, 2.24) is 0 Å². The number of hydrogen-bond donors (Lipinski definition) is 3. The normalized spacial score (nSPS) is 21.2. The van der Waals surface area contributed by atoms with Crippen LogP contribution in [0.4, 0.5) is 10.1 Å². The van der Waals surface area contributed by atoms with Crippen molar-refractivity contribution in [3.63, 3.8) is 0 Å². The van der Waals surface area contributed by atoms with Crippen LogP contribution in [0.3, 0.4) is 0 Å². The standard InChI is InChI=1S/C17H24FN3O/c1-14(2)6-7-20-8-10-21(11-9-20)13-17(22)19-16-5-3-4-15(18)12-16/h3-6,12H,7-11,13H2,1-2H3,(H,19,22)/p+2. The Morgan fingerprint density at radius 3 is 2.55 bits per heavy atom. The van der Waals surface area contributed by atoms with Crippen molar-refractivity contribution in [2.75, 3.05) is 44.6 Å². The Bertz CT molecular complexity index is 532. The third-order valence-electron chi connectivity index (χ3n) is 3.98. The number of benzene rings is 1. The second-order valence-corrected chi connectivity index (χ2v) is 6.22. The smallest absolute Gasteiger partial charge is 0.279 e. The van der Waals surface area contributed by atoms with E-state index < -0.39 is 0 Å². The summed E-state index contributed by atoms with van der Waals surface area (Å²) in [4.78, 5) is 14.9. The molecule has 0 unspecified atom stereocenters. The van der Waals surface area contributed by atoms with Gasteiger partial charge in [-0.2, -0.15) is 0 Å². The zero-order chi connectivity index (χ0) is 15.9. The number of quaternary nitrogens is 2. The first kappa shape index (κ1) is 16.6. The summed E-state index contributed by atoms with van der Waals surface area (Å²) in [6.45, 7) is 9.96. The Balaban J connectivity index is 1.73. The van der Waals surface area contributed by atoms with Crippen LogP contribution in [-0.4, -0.2) is 45.2 Å². The Morgan fingerprint density at radius 1 is 1.23 bits per heavy atom. The van der Waals surface area contributed by atoms with Gasteiger partial charge in [0.15, 0.2) is 6.54 Å². The highest BCUT2D eigenvalue weighted by molar-refractivity contribution is 5.91. The van der Waals surface area contributed by atoms with Gasteiger partial charge in [-0.25, -0.2) is 4.39 Å². The molecular weight excluding hydrogens is 281 g/mol. The topological polar surface area (TPSA) is 38.0 Å². The van der Waals surface area contributed by atoms with Crippen molar-refractivity contribution < 1.29 is 19.0 Å². The number of hydrogen-bond acceptors (Lipinski definition) is 1. The van der Waals surface area contributed by atoms with Gasteiger partial charge in [0, 0.05) is 5.69 Å². The number of halogens is 1. The summed E-state index contributed by atoms with van der Waals surface area (Å²) in [6, 6.07) is 6.02. The molecule has 22 heavy (non-hydrogen) atoms. The molecule has 1 fully saturated rings. The minimum atomic E-state index is -0.332. The lowest BCUT2D eigenvalue weighted by Crippen LogP contribution is -3.28. The highest BCUT2D eigenvalue weighted by Gasteiger charge is 2.24. The first-order chi connectivity index (χ1) is 10.5. The summed E-state index contributed by atoms with van der Waals surface area (Å²) < 4.78 is 13.1. The average Bonchev–Trinajstić information content (AvgIpc) is 2.46. The third-order valence-corrected chi connectivity index (χ3v) is 3.98. The molecule has 1 aliphatic heterocycles. The number of anilines is 1. The summed E-state index contributed by atoms with van der Waals surface area (Å²) in [5.74, 6) is -0.380. The van der Waals surface area contributed by atoms with Crippen LogP contribution in [0.1, 0.15) is 13.8 Å². The lowest BCUT2D eigenvalue weighted by Gasteiger charge is -2.28. The number of carbonyl (C=O) groups is 1. The fourth-order valence-electron chi connectivity index (χ4n) is 2.68. The molecule has 1 aromatic carbocycles. The first-order valence-corrected chi connectivity index (χ1v) is 7.89. The molecule has 1 saturated heterocycles. The monoisotopic (exact) mass is 307 g/mol. The number of carbonyl (C=O) groups excluding carboxylic acids is 1. The quantitative estimate of drug-likeness (QED) is 0.631. The van der Waals surface area contributed by atoms with E-state index in [2.05, 4.69) is 25.2 Å². The Labute approximate surface area is 131 Å². The summed E-state index contributed by atoms with van der Waals surface area (Å²) in [5, 5.41) is 2.77. The number of nitrogens with one attached hydrogen (secondary N) is 3. The molecule has 3 N–H and O–H groups in total. The second kappa shape index (κ2) is 8.06. The minimum absolute atomic E-state index is 0.0478. The van der Waals surface area contributed by atoms with E-state index in [9.17, 15) is 9.18 Å². The molecule has 0 aliphatic carbocycles. The van der Waals surface area contributed by atoms with E-state index in [1.807, 2.05) is 0 Å². The van der Waals surface area contributed by atoms with Crippen molar-refractivity contribution in [2.24, 2.45) is 0 Å². The maximum Gasteiger partial charge on any atom is 0.279 e. The van der Waals surface area contributed by atoms with Gasteiger partial charge in [-0.05, 0) is 38.1 Å². The number of piperazine rings is 1. The van der Waals surface area contributed by atoms with Gasteiger partial charge in [0.25, 0.3) is 5.91 Å². The lowest BCUT2D eigenvalue weighted by atomic mass is 10.2. The van der Waals surface area contributed by atoms with Crippen LogP contribution in [0.25, 0.3) is 0 Å². The second-order valence-electron chi connectivity index (χ2n) is 6.22. The molecular formula is C17H26FN3O+2. The van der Waals surface area contributed by atoms with Gasteiger partial charge in [0.2, 0.25) is 0 Å². The van der Waals surface area contributed by atoms with E-state index in [1.54, 1.807) is 17.0 Å². The van der Waals surface area contributed by atoms with Crippen molar-refractivity contribution in [1.29, 1.82) is 0 Å². The van der Waals surface area contributed by atoms with Crippen molar-refractivity contribution in [3.05, 3.63) is 41.7 Å². The van der Waals surface area contributed by atoms with E-state index in [0.717, 1.165) is 32.7 Å². The molecule has 0 saturated carbocycles. The zero-order valence-electron chi connectivity index (χ0n) is 13.4. The van der Waals surface area contributed by atoms with Crippen LogP contribution in [0.2, 0.25) is 0 Å². The highest BCUT2D eigenvalue weighted by Crippen LogP contribution is 2.08. The first-order valence-electron chi connectivity index (χ1n) is 7.89.